The van der Waals surface area contributed by atoms with Crippen molar-refractivity contribution in [1.29, 1.82) is 0 Å². The van der Waals surface area contributed by atoms with Gasteiger partial charge in [-0.1, -0.05) is 42.5 Å². The fourth-order valence-corrected chi connectivity index (χ4v) is 2.83. The molecule has 0 unspecified atom stereocenters. The Kier molecular flexibility index (Phi) is 3.71. The summed E-state index contributed by atoms with van der Waals surface area (Å²) in [7, 11) is 0. The van der Waals surface area contributed by atoms with E-state index in [0.29, 0.717) is 0 Å². The lowest BCUT2D eigenvalue weighted by Gasteiger charge is -2.23. The Bertz CT molecular complexity index is 883. The van der Waals surface area contributed by atoms with Crippen molar-refractivity contribution in [1.82, 2.24) is 0 Å². The predicted octanol–water partition coefficient (Wildman–Crippen LogP) is 6.48. The molecule has 3 aromatic rings. The van der Waals surface area contributed by atoms with Gasteiger partial charge in [-0.25, -0.2) is 0 Å². The van der Waals surface area contributed by atoms with E-state index in [0.717, 1.165) is 0 Å². The summed E-state index contributed by atoms with van der Waals surface area (Å²) in [5, 5.41) is 14.2. The summed E-state index contributed by atoms with van der Waals surface area (Å²) in [5.74, 6) is 0. The van der Waals surface area contributed by atoms with Crippen LogP contribution >= 0.6 is 0 Å². The van der Waals surface area contributed by atoms with Crippen molar-refractivity contribution >= 4 is 21.5 Å². The molecule has 2 heteroatoms. The van der Waals surface area contributed by atoms with Crippen molar-refractivity contribution in [2.24, 2.45) is 10.2 Å². The second kappa shape index (κ2) is 5.45. The first-order valence-electron chi connectivity index (χ1n) is 8.12. The van der Waals surface area contributed by atoms with E-state index >= 15 is 0 Å². The lowest BCUT2D eigenvalue weighted by atomic mass is 9.89. The standard InChI is InChI=1S/C21H24N2/c1-20(2,3)22-23-21(4,5)19-12-8-11-17-13-15-9-6-7-10-16(15)14-18(17)19/h6-14H,1-5H3. The van der Waals surface area contributed by atoms with Crippen LogP contribution in [0.1, 0.15) is 40.2 Å². The van der Waals surface area contributed by atoms with Gasteiger partial charge < -0.3 is 0 Å². The SMILES string of the molecule is CC(C)(C)N=NC(C)(C)c1cccc2cc3ccccc3cc12. The molecule has 2 nitrogen and oxygen atoms in total. The van der Waals surface area contributed by atoms with E-state index in [4.69, 9.17) is 0 Å². The fraction of sp³-hybridized carbons (Fsp3) is 0.333. The van der Waals surface area contributed by atoms with Crippen LogP contribution in [-0.4, -0.2) is 5.54 Å². The van der Waals surface area contributed by atoms with Crippen molar-refractivity contribution in [2.75, 3.05) is 0 Å². The molecule has 0 fully saturated rings. The number of nitrogens with zero attached hydrogens (tertiary/aromatic N) is 2. The van der Waals surface area contributed by atoms with Crippen LogP contribution in [0.4, 0.5) is 0 Å². The van der Waals surface area contributed by atoms with Crippen molar-refractivity contribution in [3.63, 3.8) is 0 Å². The van der Waals surface area contributed by atoms with E-state index in [2.05, 4.69) is 99.4 Å². The molecule has 0 aliphatic carbocycles. The molecule has 0 atom stereocenters. The van der Waals surface area contributed by atoms with Gasteiger partial charge in [-0.3, -0.25) is 0 Å². The Labute approximate surface area is 138 Å². The molecule has 0 aliphatic rings. The predicted molar refractivity (Wildman–Crippen MR) is 99.1 cm³/mol. The summed E-state index contributed by atoms with van der Waals surface area (Å²) in [6.45, 7) is 10.5. The lowest BCUT2D eigenvalue weighted by Crippen LogP contribution is -2.17. The molecule has 0 bridgehead atoms. The van der Waals surface area contributed by atoms with E-state index in [1.165, 1.54) is 27.1 Å². The van der Waals surface area contributed by atoms with Crippen molar-refractivity contribution in [2.45, 2.75) is 45.7 Å². The van der Waals surface area contributed by atoms with Gasteiger partial charge in [-0.05, 0) is 73.9 Å². The lowest BCUT2D eigenvalue weighted by molar-refractivity contribution is 0.454. The van der Waals surface area contributed by atoms with E-state index < -0.39 is 0 Å². The van der Waals surface area contributed by atoms with Gasteiger partial charge in [0.25, 0.3) is 0 Å². The summed E-state index contributed by atoms with van der Waals surface area (Å²) >= 11 is 0. The summed E-state index contributed by atoms with van der Waals surface area (Å²) in [6.07, 6.45) is 0. The third-order valence-electron chi connectivity index (χ3n) is 4.01. The van der Waals surface area contributed by atoms with Gasteiger partial charge in [0.1, 0.15) is 5.54 Å². The molecule has 0 heterocycles. The second-order valence-electron chi connectivity index (χ2n) is 7.66. The smallest absolute Gasteiger partial charge is 0.101 e. The summed E-state index contributed by atoms with van der Waals surface area (Å²) in [4.78, 5) is 0. The van der Waals surface area contributed by atoms with Crippen LogP contribution in [0.15, 0.2) is 64.8 Å². The van der Waals surface area contributed by atoms with Gasteiger partial charge in [0.2, 0.25) is 0 Å². The molecule has 3 aromatic carbocycles. The molecule has 0 aromatic heterocycles. The molecule has 0 spiro atoms. The minimum Gasteiger partial charge on any atom is -0.187 e. The third-order valence-corrected chi connectivity index (χ3v) is 4.01. The number of rotatable bonds is 2. The highest BCUT2D eigenvalue weighted by atomic mass is 15.2. The van der Waals surface area contributed by atoms with Gasteiger partial charge in [0.15, 0.2) is 0 Å². The van der Waals surface area contributed by atoms with Gasteiger partial charge in [0.05, 0.1) is 5.54 Å². The fourth-order valence-electron chi connectivity index (χ4n) is 2.83. The van der Waals surface area contributed by atoms with Crippen LogP contribution < -0.4 is 0 Å². The van der Waals surface area contributed by atoms with Crippen LogP contribution in [0.2, 0.25) is 0 Å². The van der Waals surface area contributed by atoms with Crippen molar-refractivity contribution in [3.8, 4) is 0 Å². The van der Waals surface area contributed by atoms with Crippen LogP contribution in [0.3, 0.4) is 0 Å². The first-order chi connectivity index (χ1) is 10.8. The summed E-state index contributed by atoms with van der Waals surface area (Å²) in [5.41, 5.74) is 0.706. The third kappa shape index (κ3) is 3.26. The highest BCUT2D eigenvalue weighted by Gasteiger charge is 2.23. The van der Waals surface area contributed by atoms with Crippen LogP contribution in [-0.2, 0) is 5.54 Å². The quantitative estimate of drug-likeness (QED) is 0.382. The Hall–Kier alpha value is -2.22. The average Bonchev–Trinajstić information content (AvgIpc) is 2.50. The molecule has 0 radical (unpaired) electrons. The molecule has 3 rings (SSSR count). The topological polar surface area (TPSA) is 24.7 Å². The summed E-state index contributed by atoms with van der Waals surface area (Å²) in [6, 6.07) is 19.5. The zero-order valence-electron chi connectivity index (χ0n) is 14.6. The Morgan fingerprint density at radius 2 is 1.26 bits per heavy atom. The van der Waals surface area contributed by atoms with Gasteiger partial charge in [0, 0.05) is 0 Å². The van der Waals surface area contributed by atoms with Crippen LogP contribution in [0, 0.1) is 0 Å². The van der Waals surface area contributed by atoms with Gasteiger partial charge in [-0.15, -0.1) is 0 Å². The van der Waals surface area contributed by atoms with Crippen molar-refractivity contribution in [3.05, 3.63) is 60.2 Å². The maximum atomic E-state index is 4.65. The van der Waals surface area contributed by atoms with Crippen molar-refractivity contribution < 1.29 is 0 Å². The molecular weight excluding hydrogens is 280 g/mol. The Balaban J connectivity index is 2.21. The van der Waals surface area contributed by atoms with E-state index in [1.807, 2.05) is 0 Å². The monoisotopic (exact) mass is 304 g/mol. The minimum absolute atomic E-state index is 0.158. The number of fused-ring (bicyclic) bond motifs is 2. The van der Waals surface area contributed by atoms with Gasteiger partial charge >= 0.3 is 0 Å². The van der Waals surface area contributed by atoms with Crippen LogP contribution in [0.25, 0.3) is 21.5 Å². The number of benzene rings is 3. The maximum Gasteiger partial charge on any atom is 0.101 e. The van der Waals surface area contributed by atoms with E-state index in [9.17, 15) is 0 Å². The zero-order valence-corrected chi connectivity index (χ0v) is 14.6. The van der Waals surface area contributed by atoms with Gasteiger partial charge in [-0.2, -0.15) is 10.2 Å². The molecule has 0 amide bonds. The first-order valence-corrected chi connectivity index (χ1v) is 8.12. The number of azo groups is 1. The Morgan fingerprint density at radius 3 is 1.91 bits per heavy atom. The zero-order chi connectivity index (χ0) is 16.7. The van der Waals surface area contributed by atoms with E-state index in [1.54, 1.807) is 0 Å². The number of hydrogen-bond donors (Lipinski definition) is 0. The van der Waals surface area contributed by atoms with E-state index in [-0.39, 0.29) is 11.1 Å². The largest absolute Gasteiger partial charge is 0.187 e. The summed E-state index contributed by atoms with van der Waals surface area (Å²) < 4.78 is 0. The normalized spacial score (nSPS) is 13.3. The molecule has 0 saturated carbocycles. The molecule has 23 heavy (non-hydrogen) atoms. The first kappa shape index (κ1) is 15.7. The number of hydrogen-bond acceptors (Lipinski definition) is 2. The minimum atomic E-state index is -0.352. The Morgan fingerprint density at radius 1 is 0.652 bits per heavy atom. The second-order valence-corrected chi connectivity index (χ2v) is 7.66. The maximum absolute atomic E-state index is 4.65. The molecule has 0 N–H and O–H groups in total. The molecule has 0 saturated heterocycles. The molecule has 118 valence electrons. The highest BCUT2D eigenvalue weighted by Crippen LogP contribution is 2.34. The average molecular weight is 304 g/mol. The van der Waals surface area contributed by atoms with Crippen LogP contribution in [0.5, 0.6) is 0 Å². The molecule has 0 aliphatic heterocycles. The highest BCUT2D eigenvalue weighted by molar-refractivity contribution is 5.99. The molecular formula is C21H24N2.